The Balaban J connectivity index is 2.44. The summed E-state index contributed by atoms with van der Waals surface area (Å²) in [4.78, 5) is 2.49. The molecule has 0 saturated heterocycles. The van der Waals surface area contributed by atoms with Gasteiger partial charge in [-0.15, -0.1) is 0 Å². The van der Waals surface area contributed by atoms with Crippen LogP contribution >= 0.6 is 62.6 Å². The number of aryl methyl sites for hydroxylation is 1. The molecule has 0 aliphatic heterocycles. The third-order valence-electron chi connectivity index (χ3n) is 2.37. The molecule has 0 spiro atoms. The third kappa shape index (κ3) is 3.42. The van der Waals surface area contributed by atoms with Crippen molar-refractivity contribution in [3.05, 3.63) is 55.4 Å². The minimum absolute atomic E-state index is 0.139. The van der Waals surface area contributed by atoms with Gasteiger partial charge in [0.25, 0.3) is 0 Å². The van der Waals surface area contributed by atoms with Crippen LogP contribution in [0, 0.1) is 6.92 Å². The highest BCUT2D eigenvalue weighted by Crippen LogP contribution is 2.38. The second-order valence-corrected chi connectivity index (χ2v) is 9.72. The van der Waals surface area contributed by atoms with Crippen LogP contribution in [0.2, 0.25) is 0 Å². The number of benzene rings is 2. The summed E-state index contributed by atoms with van der Waals surface area (Å²) in [5.41, 5.74) is 1.25. The molecule has 0 fully saturated rings. The van der Waals surface area contributed by atoms with Crippen LogP contribution in [0.3, 0.4) is 0 Å². The molecule has 0 saturated carbocycles. The normalized spacial score (nSPS) is 12.5. The van der Waals surface area contributed by atoms with Crippen molar-refractivity contribution in [1.29, 1.82) is 0 Å². The van der Waals surface area contributed by atoms with Gasteiger partial charge < -0.3 is 0 Å². The van der Waals surface area contributed by atoms with Crippen molar-refractivity contribution in [3.63, 3.8) is 0 Å². The van der Waals surface area contributed by atoms with E-state index >= 15 is 0 Å². The molecule has 2 aromatic carbocycles. The molecule has 2 rings (SSSR count). The van der Waals surface area contributed by atoms with Gasteiger partial charge in [-0.25, -0.2) is 0 Å². The van der Waals surface area contributed by atoms with Crippen molar-refractivity contribution in [2.24, 2.45) is 0 Å². The average molecular weight is 517 g/mol. The van der Waals surface area contributed by atoms with E-state index in [1.807, 2.05) is 0 Å². The van der Waals surface area contributed by atoms with Gasteiger partial charge in [-0.3, -0.25) is 0 Å². The summed E-state index contributed by atoms with van der Waals surface area (Å²) >= 11 is 14.5. The zero-order valence-electron chi connectivity index (χ0n) is 9.38. The fourth-order valence-corrected chi connectivity index (χ4v) is 8.07. The molecule has 5 heteroatoms. The maximum Gasteiger partial charge on any atom is 0.246 e. The number of hydrogen-bond donors (Lipinski definition) is 0. The van der Waals surface area contributed by atoms with Gasteiger partial charge in [-0.05, 0) is 74.7 Å². The van der Waals surface area contributed by atoms with Gasteiger partial charge in [0.2, 0.25) is 14.8 Å². The van der Waals surface area contributed by atoms with Crippen molar-refractivity contribution in [2.75, 3.05) is 0 Å². The summed E-state index contributed by atoms with van der Waals surface area (Å²) in [7, 11) is -0.139. The lowest BCUT2D eigenvalue weighted by Gasteiger charge is -2.05. The molecular formula is C13H9Br4S+. The molecule has 0 aliphatic carbocycles. The molecule has 0 bridgehead atoms. The Morgan fingerprint density at radius 3 is 1.94 bits per heavy atom. The van der Waals surface area contributed by atoms with Crippen molar-refractivity contribution in [1.82, 2.24) is 0 Å². The lowest BCUT2D eigenvalue weighted by atomic mass is 10.2. The summed E-state index contributed by atoms with van der Waals surface area (Å²) in [6.45, 7) is 2.09. The van der Waals surface area contributed by atoms with E-state index in [0.717, 1.165) is 13.4 Å². The first kappa shape index (κ1) is 15.1. The molecule has 0 aliphatic rings. The van der Waals surface area contributed by atoms with E-state index in [0.29, 0.717) is 0 Å². The van der Waals surface area contributed by atoms with E-state index < -0.39 is 0 Å². The fraction of sp³-hybridized carbons (Fsp3) is 0.0769. The Kier molecular flexibility index (Phi) is 5.40. The molecule has 94 valence electrons. The fourth-order valence-electron chi connectivity index (χ4n) is 1.49. The van der Waals surface area contributed by atoms with E-state index in [1.165, 1.54) is 15.4 Å². The van der Waals surface area contributed by atoms with Crippen molar-refractivity contribution in [3.8, 4) is 0 Å². The van der Waals surface area contributed by atoms with Crippen LogP contribution in [-0.2, 0) is 9.33 Å². The SMILES string of the molecule is Cc1ccc([S+](Br)c2ccc(Br)cc2Br)c(Br)c1. The lowest BCUT2D eigenvalue weighted by Crippen LogP contribution is -1.97. The Labute approximate surface area is 142 Å². The van der Waals surface area contributed by atoms with Crippen LogP contribution in [0.5, 0.6) is 0 Å². The van der Waals surface area contributed by atoms with E-state index in [2.05, 4.69) is 106 Å². The maximum atomic E-state index is 3.80. The Hall–Kier alpha value is 0.710. The Morgan fingerprint density at radius 1 is 0.833 bits per heavy atom. The standard InChI is InChI=1S/C13H9Br4S/c1-8-2-4-12(10(15)6-8)18(17)13-5-3-9(14)7-11(13)16/h2-7H,1H3/q+1. The second kappa shape index (κ2) is 6.44. The molecule has 0 N–H and O–H groups in total. The van der Waals surface area contributed by atoms with Crippen LogP contribution in [0.1, 0.15) is 5.56 Å². The Morgan fingerprint density at radius 2 is 1.39 bits per heavy atom. The zero-order chi connectivity index (χ0) is 13.3. The lowest BCUT2D eigenvalue weighted by molar-refractivity contribution is 1.31. The predicted molar refractivity (Wildman–Crippen MR) is 93.5 cm³/mol. The van der Waals surface area contributed by atoms with E-state index in [-0.39, 0.29) is 9.33 Å². The van der Waals surface area contributed by atoms with Crippen LogP contribution in [0.15, 0.2) is 59.6 Å². The van der Waals surface area contributed by atoms with Crippen molar-refractivity contribution >= 4 is 71.9 Å². The van der Waals surface area contributed by atoms with E-state index in [4.69, 9.17) is 0 Å². The molecule has 1 atom stereocenters. The maximum absolute atomic E-state index is 3.80. The molecule has 1 unspecified atom stereocenters. The van der Waals surface area contributed by atoms with Gasteiger partial charge >= 0.3 is 0 Å². The number of halogens is 4. The van der Waals surface area contributed by atoms with Gasteiger partial charge in [0.05, 0.1) is 8.95 Å². The summed E-state index contributed by atoms with van der Waals surface area (Å²) in [5.74, 6) is 0. The van der Waals surface area contributed by atoms with Gasteiger partial charge in [0.15, 0.2) is 9.79 Å². The molecule has 0 nitrogen and oxygen atoms in total. The minimum Gasteiger partial charge on any atom is -0.0542 e. The summed E-state index contributed by atoms with van der Waals surface area (Å²) in [5, 5.41) is 0. The van der Waals surface area contributed by atoms with Crippen LogP contribution < -0.4 is 0 Å². The minimum atomic E-state index is -0.139. The van der Waals surface area contributed by atoms with Crippen LogP contribution in [0.4, 0.5) is 0 Å². The quantitative estimate of drug-likeness (QED) is 0.393. The zero-order valence-corrected chi connectivity index (χ0v) is 16.5. The highest BCUT2D eigenvalue weighted by molar-refractivity contribution is 9.48. The topological polar surface area (TPSA) is 0 Å². The highest BCUT2D eigenvalue weighted by Gasteiger charge is 2.28. The second-order valence-electron chi connectivity index (χ2n) is 3.76. The molecular weight excluding hydrogens is 508 g/mol. The van der Waals surface area contributed by atoms with Gasteiger partial charge in [0.1, 0.15) is 9.33 Å². The molecule has 18 heavy (non-hydrogen) atoms. The molecule has 0 aromatic heterocycles. The molecule has 0 radical (unpaired) electrons. The average Bonchev–Trinajstić information content (AvgIpc) is 2.28. The molecule has 0 amide bonds. The largest absolute Gasteiger partial charge is 0.246 e. The van der Waals surface area contributed by atoms with Gasteiger partial charge in [0, 0.05) is 4.47 Å². The van der Waals surface area contributed by atoms with Gasteiger partial charge in [-0.1, -0.05) is 22.0 Å². The van der Waals surface area contributed by atoms with Crippen LogP contribution in [0.25, 0.3) is 0 Å². The van der Waals surface area contributed by atoms with Crippen molar-refractivity contribution < 1.29 is 0 Å². The van der Waals surface area contributed by atoms with Crippen molar-refractivity contribution in [2.45, 2.75) is 16.7 Å². The van der Waals surface area contributed by atoms with E-state index in [9.17, 15) is 0 Å². The molecule has 2 aromatic rings. The predicted octanol–water partition coefficient (Wildman–Crippen LogP) is 6.63. The summed E-state index contributed by atoms with van der Waals surface area (Å²) < 4.78 is 3.31. The van der Waals surface area contributed by atoms with E-state index in [1.54, 1.807) is 0 Å². The summed E-state index contributed by atoms with van der Waals surface area (Å²) in [6, 6.07) is 12.7. The summed E-state index contributed by atoms with van der Waals surface area (Å²) in [6.07, 6.45) is 0. The number of rotatable bonds is 2. The highest BCUT2D eigenvalue weighted by atomic mass is 79.9. The monoisotopic (exact) mass is 513 g/mol. The van der Waals surface area contributed by atoms with Gasteiger partial charge in [-0.2, -0.15) is 0 Å². The number of hydrogen-bond acceptors (Lipinski definition) is 0. The van der Waals surface area contributed by atoms with Crippen LogP contribution in [-0.4, -0.2) is 0 Å². The first-order chi connectivity index (χ1) is 8.49. The smallest absolute Gasteiger partial charge is 0.0542 e. The third-order valence-corrected chi connectivity index (χ3v) is 8.27. The Bertz CT molecular complexity index is 532. The molecule has 0 heterocycles. The first-order valence-electron chi connectivity index (χ1n) is 5.11. The first-order valence-corrected chi connectivity index (χ1v) is 10.6.